The van der Waals surface area contributed by atoms with Gasteiger partial charge < -0.3 is 10.1 Å². The Kier molecular flexibility index (Phi) is 9.46. The van der Waals surface area contributed by atoms with Crippen molar-refractivity contribution in [1.29, 1.82) is 0 Å². The molecule has 0 fully saturated rings. The lowest BCUT2D eigenvalue weighted by molar-refractivity contribution is 0.465. The van der Waals surface area contributed by atoms with E-state index < -0.39 is 7.92 Å². The van der Waals surface area contributed by atoms with Gasteiger partial charge in [-0.05, 0) is 68.4 Å². The first-order valence-corrected chi connectivity index (χ1v) is 19.1. The molecule has 0 atom stereocenters. The number of pyridine rings is 1. The molecule has 0 aliphatic rings. The second-order valence-corrected chi connectivity index (χ2v) is 14.9. The monoisotopic (exact) mass is 701 g/mol. The first-order valence-electron chi connectivity index (χ1n) is 16.5. The second-order valence-electron chi connectivity index (χ2n) is 11.9. The van der Waals surface area contributed by atoms with Gasteiger partial charge in [0.25, 0.3) is 0 Å². The van der Waals surface area contributed by atoms with Gasteiger partial charge in [0.1, 0.15) is 16.5 Å². The first-order chi connectivity index (χ1) is 25.2. The van der Waals surface area contributed by atoms with Crippen molar-refractivity contribution in [1.82, 2.24) is 30.1 Å². The quantitative estimate of drug-likeness (QED) is 0.133. The van der Waals surface area contributed by atoms with E-state index in [0.717, 1.165) is 62.0 Å². The van der Waals surface area contributed by atoms with Crippen molar-refractivity contribution in [2.45, 2.75) is 19.2 Å². The maximum Gasteiger partial charge on any atom is 0.228 e. The molecule has 0 unspecified atom stereocenters. The van der Waals surface area contributed by atoms with E-state index in [0.29, 0.717) is 17.4 Å². The van der Waals surface area contributed by atoms with Crippen LogP contribution in [0.2, 0.25) is 0 Å². The predicted molar refractivity (Wildman–Crippen MR) is 207 cm³/mol. The number of benzene rings is 4. The SMILES string of the molecule is Cc1csc(-c2nnc(Nc3ccc(Oc4ncccc4-c4ccnc(P(Cc5ccccc5)Cc5ccccc5)n4)cc3)c3ccccc23)n1. The lowest BCUT2D eigenvalue weighted by Gasteiger charge is -2.18. The Morgan fingerprint density at radius 2 is 1.37 bits per heavy atom. The van der Waals surface area contributed by atoms with Crippen molar-refractivity contribution in [2.75, 3.05) is 5.32 Å². The van der Waals surface area contributed by atoms with Crippen molar-refractivity contribution < 1.29 is 4.74 Å². The van der Waals surface area contributed by atoms with Crippen LogP contribution >= 0.6 is 19.3 Å². The van der Waals surface area contributed by atoms with Gasteiger partial charge >= 0.3 is 0 Å². The molecule has 0 saturated carbocycles. The minimum absolute atomic E-state index is 0.475. The Balaban J connectivity index is 1.03. The van der Waals surface area contributed by atoms with Gasteiger partial charge in [0.15, 0.2) is 11.4 Å². The van der Waals surface area contributed by atoms with Crippen LogP contribution in [-0.2, 0) is 12.3 Å². The van der Waals surface area contributed by atoms with Crippen LogP contribution in [0.3, 0.4) is 0 Å². The minimum Gasteiger partial charge on any atom is -0.438 e. The molecule has 0 bridgehead atoms. The second kappa shape index (κ2) is 14.9. The average Bonchev–Trinajstić information content (AvgIpc) is 3.62. The molecule has 4 aromatic carbocycles. The zero-order valence-electron chi connectivity index (χ0n) is 27.7. The molecule has 0 aliphatic heterocycles. The van der Waals surface area contributed by atoms with E-state index in [1.54, 1.807) is 17.5 Å². The highest BCUT2D eigenvalue weighted by Gasteiger charge is 2.19. The number of aryl methyl sites for hydroxylation is 1. The Morgan fingerprint density at radius 3 is 2.08 bits per heavy atom. The molecule has 0 aliphatic carbocycles. The summed E-state index contributed by atoms with van der Waals surface area (Å²) >= 11 is 1.57. The number of nitrogens with zero attached hydrogens (tertiary/aromatic N) is 6. The number of aromatic nitrogens is 6. The molecule has 0 spiro atoms. The Bertz CT molecular complexity index is 2370. The molecule has 248 valence electrons. The molecule has 0 saturated heterocycles. The highest BCUT2D eigenvalue weighted by Crippen LogP contribution is 2.42. The molecule has 8 rings (SSSR count). The van der Waals surface area contributed by atoms with E-state index in [2.05, 4.69) is 80.1 Å². The molecule has 51 heavy (non-hydrogen) atoms. The standard InChI is InChI=1S/C41H32N7OPS/c1-28-27-51-40(44-28)37-33-15-8-9-16-34(33)38(48-47-37)45-31-18-20-32(21-19-31)49-39-35(17-10-23-42-39)36-22-24-43-41(46-36)50(25-29-11-4-2-5-12-29)26-30-13-6-3-7-14-30/h2-24,27H,25-26H2,1H3,(H,45,48). The summed E-state index contributed by atoms with van der Waals surface area (Å²) in [6.07, 6.45) is 5.36. The number of hydrogen-bond donors (Lipinski definition) is 1. The fourth-order valence-electron chi connectivity index (χ4n) is 5.79. The largest absolute Gasteiger partial charge is 0.438 e. The third kappa shape index (κ3) is 7.50. The summed E-state index contributed by atoms with van der Waals surface area (Å²) in [4.78, 5) is 19.1. The number of rotatable bonds is 11. The molecule has 0 radical (unpaired) electrons. The van der Waals surface area contributed by atoms with Gasteiger partial charge in [0.2, 0.25) is 5.88 Å². The normalized spacial score (nSPS) is 11.2. The molecule has 8 nitrogen and oxygen atoms in total. The molecule has 0 amide bonds. The van der Waals surface area contributed by atoms with Crippen LogP contribution in [0.25, 0.3) is 32.7 Å². The molecule has 8 aromatic rings. The zero-order chi connectivity index (χ0) is 34.4. The average molecular weight is 702 g/mol. The molecular weight excluding hydrogens is 670 g/mol. The minimum atomic E-state index is -0.725. The van der Waals surface area contributed by atoms with Gasteiger partial charge in [-0.2, -0.15) is 0 Å². The van der Waals surface area contributed by atoms with Crippen LogP contribution in [-0.4, -0.2) is 30.1 Å². The predicted octanol–water partition coefficient (Wildman–Crippen LogP) is 9.96. The molecular formula is C41H32N7OPS. The summed E-state index contributed by atoms with van der Waals surface area (Å²) in [6.45, 7) is 1.98. The molecule has 1 N–H and O–H groups in total. The Morgan fingerprint density at radius 1 is 0.667 bits per heavy atom. The van der Waals surface area contributed by atoms with Crippen molar-refractivity contribution in [3.05, 3.63) is 162 Å². The van der Waals surface area contributed by atoms with Crippen LogP contribution in [0, 0.1) is 6.92 Å². The number of ether oxygens (including phenoxy) is 1. The number of fused-ring (bicyclic) bond motifs is 1. The molecule has 10 heteroatoms. The van der Waals surface area contributed by atoms with E-state index in [-0.39, 0.29) is 0 Å². The maximum absolute atomic E-state index is 6.37. The lowest BCUT2D eigenvalue weighted by Crippen LogP contribution is -2.14. The fourth-order valence-corrected chi connectivity index (χ4v) is 8.77. The summed E-state index contributed by atoms with van der Waals surface area (Å²) < 4.78 is 6.37. The van der Waals surface area contributed by atoms with E-state index in [4.69, 9.17) is 14.7 Å². The van der Waals surface area contributed by atoms with Gasteiger partial charge in [0.05, 0.1) is 11.3 Å². The highest BCUT2D eigenvalue weighted by atomic mass is 32.1. The molecule has 4 heterocycles. The van der Waals surface area contributed by atoms with Gasteiger partial charge in [0, 0.05) is 52.3 Å². The summed E-state index contributed by atoms with van der Waals surface area (Å²) in [7, 11) is -0.725. The van der Waals surface area contributed by atoms with Gasteiger partial charge in [-0.15, -0.1) is 21.5 Å². The van der Waals surface area contributed by atoms with E-state index >= 15 is 0 Å². The summed E-state index contributed by atoms with van der Waals surface area (Å²) in [5.74, 6) is 1.79. The first kappa shape index (κ1) is 32.3. The number of thiazole rings is 1. The van der Waals surface area contributed by atoms with Gasteiger partial charge in [-0.3, -0.25) is 0 Å². The van der Waals surface area contributed by atoms with Crippen LogP contribution < -0.4 is 15.6 Å². The van der Waals surface area contributed by atoms with Gasteiger partial charge in [-0.25, -0.2) is 19.9 Å². The van der Waals surface area contributed by atoms with Crippen LogP contribution in [0.15, 0.2) is 145 Å². The summed E-state index contributed by atoms with van der Waals surface area (Å²) in [5, 5.41) is 17.4. The van der Waals surface area contributed by atoms with Crippen molar-refractivity contribution in [3.8, 4) is 33.6 Å². The van der Waals surface area contributed by atoms with Gasteiger partial charge in [-0.1, -0.05) is 84.9 Å². The van der Waals surface area contributed by atoms with Crippen LogP contribution in [0.4, 0.5) is 11.5 Å². The van der Waals surface area contributed by atoms with Crippen LogP contribution in [0.1, 0.15) is 16.8 Å². The summed E-state index contributed by atoms with van der Waals surface area (Å²) in [5.41, 5.74) is 7.59. The topological polar surface area (TPSA) is 98.6 Å². The van der Waals surface area contributed by atoms with Crippen molar-refractivity contribution >= 4 is 47.1 Å². The number of nitrogens with one attached hydrogen (secondary N) is 1. The van der Waals surface area contributed by atoms with Crippen molar-refractivity contribution in [3.63, 3.8) is 0 Å². The van der Waals surface area contributed by atoms with Crippen molar-refractivity contribution in [2.24, 2.45) is 0 Å². The molecule has 4 aromatic heterocycles. The Hall–Kier alpha value is -5.89. The third-order valence-corrected chi connectivity index (χ3v) is 11.5. The van der Waals surface area contributed by atoms with E-state index in [1.165, 1.54) is 11.1 Å². The third-order valence-electron chi connectivity index (χ3n) is 8.25. The summed E-state index contributed by atoms with van der Waals surface area (Å²) in [6, 6.07) is 42.8. The van der Waals surface area contributed by atoms with Crippen LogP contribution in [0.5, 0.6) is 11.6 Å². The lowest BCUT2D eigenvalue weighted by atomic mass is 10.1. The maximum atomic E-state index is 6.37. The van der Waals surface area contributed by atoms with E-state index in [1.807, 2.05) is 91.3 Å². The number of hydrogen-bond acceptors (Lipinski definition) is 9. The Labute approximate surface area is 301 Å². The highest BCUT2D eigenvalue weighted by molar-refractivity contribution is 7.63. The smallest absolute Gasteiger partial charge is 0.228 e. The zero-order valence-corrected chi connectivity index (χ0v) is 29.4. The number of anilines is 2. The van der Waals surface area contributed by atoms with E-state index in [9.17, 15) is 0 Å². The fraction of sp³-hybridized carbons (Fsp3) is 0.0732.